The number of anilines is 1. The molecule has 0 unspecified atom stereocenters. The number of hydrogen-bond acceptors (Lipinski definition) is 4. The highest BCUT2D eigenvalue weighted by atomic mass is 16.1. The predicted octanol–water partition coefficient (Wildman–Crippen LogP) is 2.00. The van der Waals surface area contributed by atoms with E-state index in [1.54, 1.807) is 6.07 Å². The molecule has 0 aromatic carbocycles. The molecule has 21 heavy (non-hydrogen) atoms. The van der Waals surface area contributed by atoms with Crippen molar-refractivity contribution in [1.29, 1.82) is 0 Å². The highest BCUT2D eigenvalue weighted by Crippen LogP contribution is 2.16. The van der Waals surface area contributed by atoms with Gasteiger partial charge >= 0.3 is 0 Å². The Morgan fingerprint density at radius 2 is 2.10 bits per heavy atom. The second-order valence-electron chi connectivity index (χ2n) is 6.02. The van der Waals surface area contributed by atoms with Crippen molar-refractivity contribution in [2.45, 2.75) is 39.0 Å². The van der Waals surface area contributed by atoms with Crippen LogP contribution in [0.1, 0.15) is 55.1 Å². The molecule has 3 N–H and O–H groups in total. The van der Waals surface area contributed by atoms with Crippen LogP contribution in [0.15, 0.2) is 12.1 Å². The summed E-state index contributed by atoms with van der Waals surface area (Å²) < 4.78 is 0. The van der Waals surface area contributed by atoms with E-state index in [2.05, 4.69) is 15.2 Å². The highest BCUT2D eigenvalue weighted by Gasteiger charge is 2.12. The first-order chi connectivity index (χ1) is 10.1. The summed E-state index contributed by atoms with van der Waals surface area (Å²) in [5.74, 6) is 0.603. The maximum absolute atomic E-state index is 12.2. The largest absolute Gasteiger partial charge is 0.384 e. The third-order valence-electron chi connectivity index (χ3n) is 3.85. The molecular weight excluding hydrogens is 264 g/mol. The van der Waals surface area contributed by atoms with Crippen molar-refractivity contribution < 1.29 is 4.79 Å². The van der Waals surface area contributed by atoms with Crippen molar-refractivity contribution in [1.82, 2.24) is 15.2 Å². The summed E-state index contributed by atoms with van der Waals surface area (Å²) in [4.78, 5) is 18.9. The van der Waals surface area contributed by atoms with E-state index in [1.165, 1.54) is 25.9 Å². The van der Waals surface area contributed by atoms with Gasteiger partial charge in [0.15, 0.2) is 0 Å². The summed E-state index contributed by atoms with van der Waals surface area (Å²) in [5.41, 5.74) is 7.24. The van der Waals surface area contributed by atoms with Crippen molar-refractivity contribution >= 4 is 11.7 Å². The minimum absolute atomic E-state index is 0.0626. The molecule has 0 atom stereocenters. The van der Waals surface area contributed by atoms with Gasteiger partial charge in [-0.1, -0.05) is 13.8 Å². The number of carbonyl (C=O) groups excluding carboxylic acids is 1. The Morgan fingerprint density at radius 1 is 1.38 bits per heavy atom. The van der Waals surface area contributed by atoms with Gasteiger partial charge in [-0.3, -0.25) is 4.79 Å². The summed E-state index contributed by atoms with van der Waals surface area (Å²) >= 11 is 0. The number of likely N-dealkylation sites (tertiary alicyclic amines) is 1. The van der Waals surface area contributed by atoms with E-state index in [4.69, 9.17) is 5.73 Å². The lowest BCUT2D eigenvalue weighted by atomic mass is 10.1. The lowest BCUT2D eigenvalue weighted by molar-refractivity contribution is 0.0952. The van der Waals surface area contributed by atoms with Crippen molar-refractivity contribution in [3.05, 3.63) is 23.4 Å². The number of carbonyl (C=O) groups is 1. The monoisotopic (exact) mass is 290 g/mol. The third-order valence-corrected chi connectivity index (χ3v) is 3.85. The zero-order valence-corrected chi connectivity index (χ0v) is 13.1. The Bertz CT molecular complexity index is 481. The van der Waals surface area contributed by atoms with E-state index in [1.807, 2.05) is 19.9 Å². The van der Waals surface area contributed by atoms with Crippen molar-refractivity contribution in [2.75, 3.05) is 31.9 Å². The number of hydrogen-bond donors (Lipinski definition) is 2. The molecule has 0 radical (unpaired) electrons. The Kier molecular flexibility index (Phi) is 5.56. The Labute approximate surface area is 126 Å². The predicted molar refractivity (Wildman–Crippen MR) is 85.4 cm³/mol. The lowest BCUT2D eigenvalue weighted by Gasteiger charge is -2.14. The van der Waals surface area contributed by atoms with Gasteiger partial charge in [-0.15, -0.1) is 0 Å². The fourth-order valence-electron chi connectivity index (χ4n) is 2.61. The molecule has 1 amide bonds. The molecule has 5 nitrogen and oxygen atoms in total. The van der Waals surface area contributed by atoms with Gasteiger partial charge < -0.3 is 16.0 Å². The van der Waals surface area contributed by atoms with Gasteiger partial charge in [-0.05, 0) is 56.9 Å². The van der Waals surface area contributed by atoms with Gasteiger partial charge in [0.2, 0.25) is 0 Å². The molecule has 1 aromatic rings. The molecular formula is C16H26N4O. The van der Waals surface area contributed by atoms with Crippen molar-refractivity contribution in [3.8, 4) is 0 Å². The van der Waals surface area contributed by atoms with Crippen LogP contribution in [0.4, 0.5) is 5.82 Å². The Balaban J connectivity index is 1.82. The molecule has 1 aromatic heterocycles. The van der Waals surface area contributed by atoms with Gasteiger partial charge in [0.25, 0.3) is 5.91 Å². The molecule has 0 saturated carbocycles. The Morgan fingerprint density at radius 3 is 2.76 bits per heavy atom. The van der Waals surface area contributed by atoms with Gasteiger partial charge in [0.1, 0.15) is 5.82 Å². The Hall–Kier alpha value is -1.62. The lowest BCUT2D eigenvalue weighted by Crippen LogP contribution is -2.28. The molecule has 0 aliphatic carbocycles. The molecule has 2 rings (SSSR count). The SMILES string of the molecule is CC(C)c1cc(C(=O)NCCCN2CCCC2)cc(N)n1. The molecule has 0 bridgehead atoms. The number of nitrogen functional groups attached to an aromatic ring is 1. The average molecular weight is 290 g/mol. The van der Waals surface area contributed by atoms with Gasteiger partial charge in [0.05, 0.1) is 0 Å². The first-order valence-corrected chi connectivity index (χ1v) is 7.84. The molecule has 0 spiro atoms. The fraction of sp³-hybridized carbons (Fsp3) is 0.625. The number of pyridine rings is 1. The zero-order chi connectivity index (χ0) is 15.2. The van der Waals surface area contributed by atoms with Crippen LogP contribution >= 0.6 is 0 Å². The van der Waals surface area contributed by atoms with Crippen LogP contribution in [0.25, 0.3) is 0 Å². The van der Waals surface area contributed by atoms with Crippen molar-refractivity contribution in [2.24, 2.45) is 0 Å². The zero-order valence-electron chi connectivity index (χ0n) is 13.1. The summed E-state index contributed by atoms with van der Waals surface area (Å²) in [5, 5.41) is 2.97. The minimum Gasteiger partial charge on any atom is -0.384 e. The first-order valence-electron chi connectivity index (χ1n) is 7.84. The van der Waals surface area contributed by atoms with Crippen LogP contribution < -0.4 is 11.1 Å². The third kappa shape index (κ3) is 4.70. The van der Waals surface area contributed by atoms with Crippen LogP contribution in [0.5, 0.6) is 0 Å². The normalized spacial score (nSPS) is 15.6. The maximum atomic E-state index is 12.2. The van der Waals surface area contributed by atoms with E-state index >= 15 is 0 Å². The molecule has 1 saturated heterocycles. The summed E-state index contributed by atoms with van der Waals surface area (Å²) in [7, 11) is 0. The molecule has 1 fully saturated rings. The second-order valence-corrected chi connectivity index (χ2v) is 6.02. The van der Waals surface area contributed by atoms with Crippen LogP contribution in [0.2, 0.25) is 0 Å². The number of aromatic nitrogens is 1. The molecule has 116 valence electrons. The average Bonchev–Trinajstić information content (AvgIpc) is 2.95. The first kappa shape index (κ1) is 15.8. The van der Waals surface area contributed by atoms with E-state index < -0.39 is 0 Å². The standard InChI is InChI=1S/C16H26N4O/c1-12(2)14-10-13(11-15(17)19-14)16(21)18-6-5-9-20-7-3-4-8-20/h10-12H,3-9H2,1-2H3,(H2,17,19)(H,18,21). The summed E-state index contributed by atoms with van der Waals surface area (Å²) in [6.45, 7) is 8.25. The van der Waals surface area contributed by atoms with E-state index in [9.17, 15) is 4.79 Å². The summed E-state index contributed by atoms with van der Waals surface area (Å²) in [6.07, 6.45) is 3.60. The number of rotatable bonds is 6. The fourth-order valence-corrected chi connectivity index (χ4v) is 2.61. The van der Waals surface area contributed by atoms with Gasteiger partial charge in [-0.2, -0.15) is 0 Å². The number of nitrogens with one attached hydrogen (secondary N) is 1. The van der Waals surface area contributed by atoms with Crippen LogP contribution in [-0.4, -0.2) is 42.0 Å². The van der Waals surface area contributed by atoms with E-state index in [-0.39, 0.29) is 11.8 Å². The molecule has 1 aliphatic rings. The smallest absolute Gasteiger partial charge is 0.251 e. The highest BCUT2D eigenvalue weighted by molar-refractivity contribution is 5.94. The number of nitrogens with two attached hydrogens (primary N) is 1. The van der Waals surface area contributed by atoms with Crippen molar-refractivity contribution in [3.63, 3.8) is 0 Å². The number of nitrogens with zero attached hydrogens (tertiary/aromatic N) is 2. The topological polar surface area (TPSA) is 71.2 Å². The van der Waals surface area contributed by atoms with Gasteiger partial charge in [-0.25, -0.2) is 4.98 Å². The summed E-state index contributed by atoms with van der Waals surface area (Å²) in [6, 6.07) is 3.47. The van der Waals surface area contributed by atoms with Crippen LogP contribution in [0.3, 0.4) is 0 Å². The van der Waals surface area contributed by atoms with Gasteiger partial charge in [0, 0.05) is 17.8 Å². The molecule has 5 heteroatoms. The number of amides is 1. The van der Waals surface area contributed by atoms with Crippen LogP contribution in [0, 0.1) is 0 Å². The van der Waals surface area contributed by atoms with E-state index in [0.717, 1.165) is 18.7 Å². The molecule has 1 aliphatic heterocycles. The maximum Gasteiger partial charge on any atom is 0.251 e. The van der Waals surface area contributed by atoms with E-state index in [0.29, 0.717) is 17.9 Å². The van der Waals surface area contributed by atoms with Crippen LogP contribution in [-0.2, 0) is 0 Å². The molecule has 2 heterocycles. The minimum atomic E-state index is -0.0626. The quantitative estimate of drug-likeness (QED) is 0.786. The second kappa shape index (κ2) is 7.41.